The second-order valence-corrected chi connectivity index (χ2v) is 3.01. The first-order valence-corrected chi connectivity index (χ1v) is 3.55. The Morgan fingerprint density at radius 2 is 2.50 bits per heavy atom. The molecular formula is C4H7OS. The van der Waals surface area contributed by atoms with Gasteiger partial charge in [0.25, 0.3) is 0 Å². The van der Waals surface area contributed by atoms with Crippen molar-refractivity contribution in [3.05, 3.63) is 6.42 Å². The highest BCUT2D eigenvalue weighted by Gasteiger charge is 2.12. The fraction of sp³-hybridized carbons (Fsp3) is 0.750. The minimum absolute atomic E-state index is 0.478. The van der Waals surface area contributed by atoms with Gasteiger partial charge in [0, 0.05) is 6.42 Å². The molecule has 0 aromatic carbocycles. The summed E-state index contributed by atoms with van der Waals surface area (Å²) in [5, 5.41) is 0. The lowest BCUT2D eigenvalue weighted by Crippen LogP contribution is -1.98. The topological polar surface area (TPSA) is 23.1 Å². The Bertz CT molecular complexity index is 40.8. The Kier molecular flexibility index (Phi) is 1.37. The van der Waals surface area contributed by atoms with Crippen molar-refractivity contribution in [1.29, 1.82) is 0 Å². The van der Waals surface area contributed by atoms with E-state index in [9.17, 15) is 4.55 Å². The Morgan fingerprint density at radius 3 is 2.67 bits per heavy atom. The van der Waals surface area contributed by atoms with E-state index < -0.39 is 11.2 Å². The van der Waals surface area contributed by atoms with Crippen LogP contribution in [0.3, 0.4) is 0 Å². The normalized spacial score (nSPS) is 25.5. The van der Waals surface area contributed by atoms with Gasteiger partial charge in [-0.05, 0) is 6.42 Å². The van der Waals surface area contributed by atoms with Gasteiger partial charge in [-0.15, -0.1) is 0 Å². The molecule has 1 radical (unpaired) electrons. The first-order valence-electron chi connectivity index (χ1n) is 2.06. The number of hydrogen-bond donors (Lipinski definition) is 0. The Hall–Kier alpha value is 0.310. The third kappa shape index (κ3) is 0.884. The van der Waals surface area contributed by atoms with Crippen molar-refractivity contribution in [3.63, 3.8) is 0 Å². The van der Waals surface area contributed by atoms with Gasteiger partial charge in [-0.2, -0.15) is 0 Å². The van der Waals surface area contributed by atoms with Crippen LogP contribution in [0.15, 0.2) is 0 Å². The lowest BCUT2D eigenvalue weighted by atomic mass is 10.4. The molecule has 0 spiro atoms. The van der Waals surface area contributed by atoms with E-state index in [0.29, 0.717) is 0 Å². The molecule has 0 N–H and O–H groups in total. The van der Waals surface area contributed by atoms with Crippen LogP contribution in [0.25, 0.3) is 0 Å². The summed E-state index contributed by atoms with van der Waals surface area (Å²) in [6, 6.07) is 0. The minimum atomic E-state index is -0.478. The van der Waals surface area contributed by atoms with Crippen LogP contribution in [0.1, 0.15) is 6.42 Å². The summed E-state index contributed by atoms with van der Waals surface area (Å²) in [4.78, 5) is 0. The van der Waals surface area contributed by atoms with Crippen LogP contribution < -0.4 is 0 Å². The second-order valence-electron chi connectivity index (χ2n) is 1.39. The highest BCUT2D eigenvalue weighted by atomic mass is 32.2. The third-order valence-electron chi connectivity index (χ3n) is 0.853. The molecule has 1 aliphatic rings. The Balaban J connectivity index is 2.18. The molecule has 1 heterocycles. The SMILES string of the molecule is [O-][S@@+]1C[CH]CC1. The fourth-order valence-corrected chi connectivity index (χ4v) is 1.54. The van der Waals surface area contributed by atoms with Gasteiger partial charge in [-0.3, -0.25) is 0 Å². The average molecular weight is 103 g/mol. The number of hydrogen-bond acceptors (Lipinski definition) is 1. The smallest absolute Gasteiger partial charge is 0.109 e. The molecule has 35 valence electrons. The van der Waals surface area contributed by atoms with Crippen molar-refractivity contribution in [3.8, 4) is 0 Å². The van der Waals surface area contributed by atoms with Gasteiger partial charge in [-0.1, -0.05) is 11.2 Å². The van der Waals surface area contributed by atoms with Gasteiger partial charge in [0.2, 0.25) is 0 Å². The van der Waals surface area contributed by atoms with E-state index in [1.807, 2.05) is 0 Å². The minimum Gasteiger partial charge on any atom is -0.616 e. The molecule has 6 heavy (non-hydrogen) atoms. The zero-order valence-electron chi connectivity index (χ0n) is 3.52. The van der Waals surface area contributed by atoms with Crippen LogP contribution in [-0.2, 0) is 11.2 Å². The molecule has 1 rings (SSSR count). The quantitative estimate of drug-likeness (QED) is 0.405. The fourth-order valence-electron chi connectivity index (χ4n) is 0.513. The summed E-state index contributed by atoms with van der Waals surface area (Å²) in [5.41, 5.74) is 0. The van der Waals surface area contributed by atoms with E-state index in [4.69, 9.17) is 0 Å². The maximum Gasteiger partial charge on any atom is 0.109 e. The average Bonchev–Trinajstić information content (AvgIpc) is 1.86. The highest BCUT2D eigenvalue weighted by molar-refractivity contribution is 7.91. The van der Waals surface area contributed by atoms with Crippen molar-refractivity contribution < 1.29 is 4.55 Å². The molecule has 1 saturated heterocycles. The maximum absolute atomic E-state index is 10.3. The Morgan fingerprint density at radius 1 is 1.67 bits per heavy atom. The summed E-state index contributed by atoms with van der Waals surface area (Å²) in [7, 11) is 0. The predicted octanol–water partition coefficient (Wildman–Crippen LogP) is 0.343. The van der Waals surface area contributed by atoms with Crippen LogP contribution in [0, 0.1) is 6.42 Å². The molecule has 1 fully saturated rings. The standard InChI is InChI=1S/C4H7OS/c5-6-3-1-2-4-6/h1H,2-4H2/t6-/m0/s1. The molecule has 0 saturated carbocycles. The molecule has 0 aliphatic carbocycles. The van der Waals surface area contributed by atoms with Crippen molar-refractivity contribution >= 4 is 11.2 Å². The van der Waals surface area contributed by atoms with E-state index in [-0.39, 0.29) is 0 Å². The zero-order valence-corrected chi connectivity index (χ0v) is 4.33. The molecule has 2 heteroatoms. The lowest BCUT2D eigenvalue weighted by molar-refractivity contribution is 0.601. The largest absolute Gasteiger partial charge is 0.616 e. The van der Waals surface area contributed by atoms with Gasteiger partial charge in [0.1, 0.15) is 11.5 Å². The van der Waals surface area contributed by atoms with E-state index in [1.165, 1.54) is 0 Å². The Labute approximate surface area is 40.9 Å². The molecule has 0 aromatic heterocycles. The van der Waals surface area contributed by atoms with E-state index in [0.717, 1.165) is 17.9 Å². The van der Waals surface area contributed by atoms with Gasteiger partial charge >= 0.3 is 0 Å². The molecule has 1 atom stereocenters. The summed E-state index contributed by atoms with van der Waals surface area (Å²) in [5.74, 6) is 1.74. The molecule has 0 unspecified atom stereocenters. The maximum atomic E-state index is 10.3. The highest BCUT2D eigenvalue weighted by Crippen LogP contribution is 2.07. The summed E-state index contributed by atoms with van der Waals surface area (Å²) < 4.78 is 10.3. The summed E-state index contributed by atoms with van der Waals surface area (Å²) in [6.45, 7) is 0. The first-order chi connectivity index (χ1) is 2.89. The zero-order chi connectivity index (χ0) is 4.41. The molecule has 0 amide bonds. The lowest BCUT2D eigenvalue weighted by Gasteiger charge is -1.96. The molecule has 0 bridgehead atoms. The van der Waals surface area contributed by atoms with Gasteiger partial charge in [0.05, 0.1) is 0 Å². The van der Waals surface area contributed by atoms with Crippen molar-refractivity contribution in [2.75, 3.05) is 11.5 Å². The van der Waals surface area contributed by atoms with Crippen molar-refractivity contribution in [2.45, 2.75) is 6.42 Å². The summed E-state index contributed by atoms with van der Waals surface area (Å²) in [6.07, 6.45) is 3.14. The monoisotopic (exact) mass is 103 g/mol. The van der Waals surface area contributed by atoms with E-state index >= 15 is 0 Å². The van der Waals surface area contributed by atoms with Crippen LogP contribution >= 0.6 is 0 Å². The van der Waals surface area contributed by atoms with E-state index in [2.05, 4.69) is 6.42 Å². The van der Waals surface area contributed by atoms with Crippen molar-refractivity contribution in [1.82, 2.24) is 0 Å². The number of rotatable bonds is 0. The van der Waals surface area contributed by atoms with Crippen LogP contribution in [-0.4, -0.2) is 16.1 Å². The third-order valence-corrected chi connectivity index (χ3v) is 2.15. The van der Waals surface area contributed by atoms with Gasteiger partial charge in [0.15, 0.2) is 0 Å². The second kappa shape index (κ2) is 1.85. The first kappa shape index (κ1) is 4.47. The van der Waals surface area contributed by atoms with Crippen LogP contribution in [0.5, 0.6) is 0 Å². The van der Waals surface area contributed by atoms with Crippen LogP contribution in [0.4, 0.5) is 0 Å². The van der Waals surface area contributed by atoms with E-state index in [1.54, 1.807) is 0 Å². The van der Waals surface area contributed by atoms with Gasteiger partial charge < -0.3 is 4.55 Å². The molecular weight excluding hydrogens is 96.1 g/mol. The van der Waals surface area contributed by atoms with Crippen LogP contribution in [0.2, 0.25) is 0 Å². The molecule has 0 aromatic rings. The molecule has 1 nitrogen and oxygen atoms in total. The van der Waals surface area contributed by atoms with Crippen molar-refractivity contribution in [2.24, 2.45) is 0 Å². The predicted molar refractivity (Wildman–Crippen MR) is 26.8 cm³/mol. The van der Waals surface area contributed by atoms with Gasteiger partial charge in [-0.25, -0.2) is 0 Å². The molecule has 1 aliphatic heterocycles. The summed E-state index contributed by atoms with van der Waals surface area (Å²) >= 11 is -0.478.